The van der Waals surface area contributed by atoms with Crippen LogP contribution in [0.1, 0.15) is 18.5 Å². The van der Waals surface area contributed by atoms with Crippen molar-refractivity contribution in [2.45, 2.75) is 25.5 Å². The van der Waals surface area contributed by atoms with Crippen molar-refractivity contribution < 1.29 is 9.47 Å². The summed E-state index contributed by atoms with van der Waals surface area (Å²) >= 11 is 0. The van der Waals surface area contributed by atoms with Gasteiger partial charge >= 0.3 is 0 Å². The van der Waals surface area contributed by atoms with E-state index in [1.807, 2.05) is 0 Å². The van der Waals surface area contributed by atoms with E-state index in [1.54, 1.807) is 19.5 Å². The Morgan fingerprint density at radius 1 is 1.44 bits per heavy atom. The molecular weight excluding hydrogens is 206 g/mol. The van der Waals surface area contributed by atoms with E-state index < -0.39 is 0 Å². The highest BCUT2D eigenvalue weighted by molar-refractivity contribution is 5.15. The first-order chi connectivity index (χ1) is 7.90. The number of methoxy groups -OCH3 is 1. The van der Waals surface area contributed by atoms with Gasteiger partial charge in [-0.2, -0.15) is 0 Å². The Kier molecular flexibility index (Phi) is 4.07. The normalized spacial score (nSPS) is 19.9. The van der Waals surface area contributed by atoms with Crippen LogP contribution in [0.5, 0.6) is 5.88 Å². The van der Waals surface area contributed by atoms with Gasteiger partial charge in [-0.05, 0) is 19.4 Å². The van der Waals surface area contributed by atoms with E-state index in [-0.39, 0.29) is 0 Å². The number of ether oxygens (including phenoxy) is 2. The molecule has 1 N–H and O–H groups in total. The zero-order valence-electron chi connectivity index (χ0n) is 9.48. The van der Waals surface area contributed by atoms with Crippen molar-refractivity contribution in [2.75, 3.05) is 20.3 Å². The summed E-state index contributed by atoms with van der Waals surface area (Å²) in [6.45, 7) is 2.28. The van der Waals surface area contributed by atoms with Crippen molar-refractivity contribution in [2.24, 2.45) is 0 Å². The molecule has 1 fully saturated rings. The summed E-state index contributed by atoms with van der Waals surface area (Å²) < 4.78 is 10.7. The molecule has 1 saturated heterocycles. The molecule has 5 nitrogen and oxygen atoms in total. The summed E-state index contributed by atoms with van der Waals surface area (Å²) in [5.41, 5.74) is 0.753. The lowest BCUT2D eigenvalue weighted by molar-refractivity contribution is 0.0987. The molecule has 1 aromatic heterocycles. The number of nitrogens with one attached hydrogen (secondary N) is 1. The fourth-order valence-electron chi connectivity index (χ4n) is 1.82. The van der Waals surface area contributed by atoms with Gasteiger partial charge in [-0.3, -0.25) is 4.98 Å². The number of hydrogen-bond acceptors (Lipinski definition) is 5. The van der Waals surface area contributed by atoms with Crippen LogP contribution in [-0.4, -0.2) is 36.3 Å². The van der Waals surface area contributed by atoms with Gasteiger partial charge in [-0.15, -0.1) is 0 Å². The van der Waals surface area contributed by atoms with Gasteiger partial charge in [-0.1, -0.05) is 0 Å². The monoisotopic (exact) mass is 223 g/mol. The van der Waals surface area contributed by atoms with Gasteiger partial charge in [0.05, 0.1) is 20.3 Å². The summed E-state index contributed by atoms with van der Waals surface area (Å²) in [7, 11) is 1.59. The smallest absolute Gasteiger partial charge is 0.237 e. The number of aromatic nitrogens is 2. The summed E-state index contributed by atoms with van der Waals surface area (Å²) in [6, 6.07) is 0.489. The fourth-order valence-corrected chi connectivity index (χ4v) is 1.82. The molecule has 1 aliphatic rings. The fraction of sp³-hybridized carbons (Fsp3) is 0.636. The molecule has 1 aliphatic heterocycles. The molecule has 0 saturated carbocycles. The molecule has 1 aromatic rings. The summed E-state index contributed by atoms with van der Waals surface area (Å²) in [5, 5.41) is 3.38. The third-order valence-corrected chi connectivity index (χ3v) is 2.65. The summed E-state index contributed by atoms with van der Waals surface area (Å²) in [5.74, 6) is 0.543. The third kappa shape index (κ3) is 2.90. The van der Waals surface area contributed by atoms with Crippen LogP contribution in [0.3, 0.4) is 0 Å². The average Bonchev–Trinajstić information content (AvgIpc) is 2.83. The van der Waals surface area contributed by atoms with Crippen molar-refractivity contribution in [3.63, 3.8) is 0 Å². The lowest BCUT2D eigenvalue weighted by Gasteiger charge is -2.11. The Morgan fingerprint density at radius 3 is 3.06 bits per heavy atom. The third-order valence-electron chi connectivity index (χ3n) is 2.65. The van der Waals surface area contributed by atoms with Crippen LogP contribution in [0.4, 0.5) is 0 Å². The van der Waals surface area contributed by atoms with E-state index >= 15 is 0 Å². The second-order valence-electron chi connectivity index (χ2n) is 3.82. The number of hydrogen-bond donors (Lipinski definition) is 1. The molecule has 0 unspecified atom stereocenters. The van der Waals surface area contributed by atoms with Crippen LogP contribution in [-0.2, 0) is 11.3 Å². The van der Waals surface area contributed by atoms with Gasteiger partial charge in [0, 0.05) is 18.4 Å². The first-order valence-electron chi connectivity index (χ1n) is 5.55. The lowest BCUT2D eigenvalue weighted by atomic mass is 10.2. The second-order valence-corrected chi connectivity index (χ2v) is 3.82. The maximum Gasteiger partial charge on any atom is 0.237 e. The predicted octanol–water partition coefficient (Wildman–Crippen LogP) is 0.754. The standard InChI is InChI=1S/C11H17N3O2/c1-15-11-10(13-5-6-14-11)8-16-7-9-3-2-4-12-9/h5-6,9,12H,2-4,7-8H2,1H3/t9-/m0/s1. The van der Waals surface area contributed by atoms with Crippen LogP contribution in [0.15, 0.2) is 12.4 Å². The molecule has 5 heteroatoms. The first kappa shape index (κ1) is 11.3. The Morgan fingerprint density at radius 2 is 2.31 bits per heavy atom. The lowest BCUT2D eigenvalue weighted by Crippen LogP contribution is -2.26. The van der Waals surface area contributed by atoms with Gasteiger partial charge < -0.3 is 14.8 Å². The van der Waals surface area contributed by atoms with Crippen molar-refractivity contribution in [1.29, 1.82) is 0 Å². The molecule has 0 aliphatic carbocycles. The van der Waals surface area contributed by atoms with Gasteiger partial charge in [0.2, 0.25) is 5.88 Å². The molecule has 16 heavy (non-hydrogen) atoms. The zero-order valence-corrected chi connectivity index (χ0v) is 9.48. The molecule has 0 bridgehead atoms. The molecular formula is C11H17N3O2. The highest BCUT2D eigenvalue weighted by Crippen LogP contribution is 2.12. The SMILES string of the molecule is COc1nccnc1COC[C@@H]1CCCN1. The highest BCUT2D eigenvalue weighted by atomic mass is 16.5. The van der Waals surface area contributed by atoms with Crippen LogP contribution in [0, 0.1) is 0 Å². The van der Waals surface area contributed by atoms with E-state index in [4.69, 9.17) is 9.47 Å². The maximum absolute atomic E-state index is 5.60. The predicted molar refractivity (Wildman–Crippen MR) is 59.3 cm³/mol. The first-order valence-corrected chi connectivity index (χ1v) is 5.55. The van der Waals surface area contributed by atoms with Crippen molar-refractivity contribution in [3.8, 4) is 5.88 Å². The van der Waals surface area contributed by atoms with Crippen LogP contribution < -0.4 is 10.1 Å². The van der Waals surface area contributed by atoms with E-state index in [0.29, 0.717) is 18.5 Å². The van der Waals surface area contributed by atoms with E-state index in [1.165, 1.54) is 12.8 Å². The molecule has 2 heterocycles. The zero-order chi connectivity index (χ0) is 11.2. The molecule has 88 valence electrons. The van der Waals surface area contributed by atoms with Crippen molar-refractivity contribution in [1.82, 2.24) is 15.3 Å². The van der Waals surface area contributed by atoms with Gasteiger partial charge in [0.25, 0.3) is 0 Å². The van der Waals surface area contributed by atoms with E-state index in [0.717, 1.165) is 18.8 Å². The highest BCUT2D eigenvalue weighted by Gasteiger charge is 2.14. The summed E-state index contributed by atoms with van der Waals surface area (Å²) in [6.07, 6.45) is 5.69. The Hall–Kier alpha value is -1.20. The van der Waals surface area contributed by atoms with E-state index in [9.17, 15) is 0 Å². The minimum atomic E-state index is 0.454. The number of nitrogens with zero attached hydrogens (tertiary/aromatic N) is 2. The number of rotatable bonds is 5. The van der Waals surface area contributed by atoms with Crippen LogP contribution in [0.2, 0.25) is 0 Å². The largest absolute Gasteiger partial charge is 0.480 e. The Labute approximate surface area is 95.2 Å². The molecule has 2 rings (SSSR count). The molecule has 0 aromatic carbocycles. The maximum atomic E-state index is 5.60. The molecule has 0 spiro atoms. The average molecular weight is 223 g/mol. The Bertz CT molecular complexity index is 327. The van der Waals surface area contributed by atoms with Crippen molar-refractivity contribution in [3.05, 3.63) is 18.1 Å². The quantitative estimate of drug-likeness (QED) is 0.798. The Balaban J connectivity index is 1.79. The van der Waals surface area contributed by atoms with Crippen LogP contribution in [0.25, 0.3) is 0 Å². The molecule has 0 radical (unpaired) electrons. The minimum Gasteiger partial charge on any atom is -0.480 e. The van der Waals surface area contributed by atoms with Crippen molar-refractivity contribution >= 4 is 0 Å². The molecule has 0 amide bonds. The van der Waals surface area contributed by atoms with E-state index in [2.05, 4.69) is 15.3 Å². The van der Waals surface area contributed by atoms with Gasteiger partial charge in [0.15, 0.2) is 0 Å². The molecule has 1 atom stereocenters. The van der Waals surface area contributed by atoms with Gasteiger partial charge in [-0.25, -0.2) is 4.98 Å². The summed E-state index contributed by atoms with van der Waals surface area (Å²) in [4.78, 5) is 8.25. The second kappa shape index (κ2) is 5.77. The van der Waals surface area contributed by atoms with Gasteiger partial charge in [0.1, 0.15) is 5.69 Å². The topological polar surface area (TPSA) is 56.3 Å². The minimum absolute atomic E-state index is 0.454. The van der Waals surface area contributed by atoms with Crippen LogP contribution >= 0.6 is 0 Å².